The monoisotopic (exact) mass is 210 g/mol. The van der Waals surface area contributed by atoms with Gasteiger partial charge in [-0.05, 0) is 24.6 Å². The fourth-order valence-corrected chi connectivity index (χ4v) is 1.31. The van der Waals surface area contributed by atoms with Gasteiger partial charge >= 0.3 is 0 Å². The van der Waals surface area contributed by atoms with E-state index in [1.807, 2.05) is 31.2 Å². The standard InChI is InChI=1S/C11H18N2O2/c1-3-15-8-11(13-12)9-4-6-10(14-2)7-5-9/h4-7,11,13H,3,8,12H2,1-2H3. The van der Waals surface area contributed by atoms with Crippen LogP contribution in [-0.4, -0.2) is 20.3 Å². The van der Waals surface area contributed by atoms with Crippen LogP contribution in [0.25, 0.3) is 0 Å². The van der Waals surface area contributed by atoms with Crippen molar-refractivity contribution in [2.24, 2.45) is 5.84 Å². The molecule has 0 saturated carbocycles. The molecule has 1 atom stereocenters. The van der Waals surface area contributed by atoms with E-state index in [9.17, 15) is 0 Å². The van der Waals surface area contributed by atoms with Gasteiger partial charge in [0, 0.05) is 6.61 Å². The Balaban J connectivity index is 2.65. The lowest BCUT2D eigenvalue weighted by molar-refractivity contribution is 0.123. The second kappa shape index (κ2) is 6.40. The summed E-state index contributed by atoms with van der Waals surface area (Å²) < 4.78 is 10.4. The molecule has 84 valence electrons. The minimum Gasteiger partial charge on any atom is -0.497 e. The predicted octanol–water partition coefficient (Wildman–Crippen LogP) is 1.24. The van der Waals surface area contributed by atoms with Gasteiger partial charge in [-0.25, -0.2) is 0 Å². The SMILES string of the molecule is CCOCC(NN)c1ccc(OC)cc1. The van der Waals surface area contributed by atoms with Crippen LogP contribution in [0.1, 0.15) is 18.5 Å². The van der Waals surface area contributed by atoms with Gasteiger partial charge in [0.1, 0.15) is 5.75 Å². The molecule has 0 aromatic heterocycles. The van der Waals surface area contributed by atoms with Crippen LogP contribution < -0.4 is 16.0 Å². The summed E-state index contributed by atoms with van der Waals surface area (Å²) in [7, 11) is 1.65. The van der Waals surface area contributed by atoms with Gasteiger partial charge in [0.2, 0.25) is 0 Å². The molecule has 4 nitrogen and oxygen atoms in total. The van der Waals surface area contributed by atoms with E-state index in [1.54, 1.807) is 7.11 Å². The summed E-state index contributed by atoms with van der Waals surface area (Å²) in [5, 5.41) is 0. The topological polar surface area (TPSA) is 56.5 Å². The van der Waals surface area contributed by atoms with Gasteiger partial charge in [-0.1, -0.05) is 12.1 Å². The predicted molar refractivity (Wildman–Crippen MR) is 59.6 cm³/mol. The van der Waals surface area contributed by atoms with Crippen LogP contribution in [0.15, 0.2) is 24.3 Å². The molecule has 3 N–H and O–H groups in total. The van der Waals surface area contributed by atoms with Crippen molar-refractivity contribution in [3.05, 3.63) is 29.8 Å². The summed E-state index contributed by atoms with van der Waals surface area (Å²) in [6, 6.07) is 7.79. The molecule has 0 bridgehead atoms. The summed E-state index contributed by atoms with van der Waals surface area (Å²) in [6.07, 6.45) is 0. The number of rotatable bonds is 6. The average Bonchev–Trinajstić information content (AvgIpc) is 2.31. The molecule has 0 aliphatic carbocycles. The molecule has 4 heteroatoms. The summed E-state index contributed by atoms with van der Waals surface area (Å²) >= 11 is 0. The van der Waals surface area contributed by atoms with E-state index >= 15 is 0 Å². The summed E-state index contributed by atoms with van der Waals surface area (Å²) in [4.78, 5) is 0. The highest BCUT2D eigenvalue weighted by Gasteiger charge is 2.08. The maximum Gasteiger partial charge on any atom is 0.118 e. The first-order valence-corrected chi connectivity index (χ1v) is 4.99. The first-order chi connectivity index (χ1) is 7.31. The van der Waals surface area contributed by atoms with Gasteiger partial charge in [-0.2, -0.15) is 0 Å². The number of nitrogens with two attached hydrogens (primary N) is 1. The highest BCUT2D eigenvalue weighted by atomic mass is 16.5. The number of methoxy groups -OCH3 is 1. The first kappa shape index (κ1) is 12.0. The average molecular weight is 210 g/mol. The lowest BCUT2D eigenvalue weighted by Gasteiger charge is -2.16. The Morgan fingerprint density at radius 3 is 2.47 bits per heavy atom. The van der Waals surface area contributed by atoms with Crippen molar-refractivity contribution >= 4 is 0 Å². The lowest BCUT2D eigenvalue weighted by Crippen LogP contribution is -2.31. The molecule has 15 heavy (non-hydrogen) atoms. The zero-order valence-corrected chi connectivity index (χ0v) is 9.19. The minimum atomic E-state index is 0.0239. The number of hydrazine groups is 1. The van der Waals surface area contributed by atoms with Crippen molar-refractivity contribution in [2.45, 2.75) is 13.0 Å². The van der Waals surface area contributed by atoms with E-state index in [4.69, 9.17) is 15.3 Å². The Labute approximate surface area is 90.3 Å². The van der Waals surface area contributed by atoms with Gasteiger partial charge in [0.25, 0.3) is 0 Å². The maximum absolute atomic E-state index is 5.45. The largest absolute Gasteiger partial charge is 0.497 e. The zero-order valence-electron chi connectivity index (χ0n) is 9.19. The molecule has 1 unspecified atom stereocenters. The molecule has 1 rings (SSSR count). The third kappa shape index (κ3) is 3.51. The molecular weight excluding hydrogens is 192 g/mol. The Morgan fingerprint density at radius 1 is 1.33 bits per heavy atom. The van der Waals surface area contributed by atoms with E-state index in [0.29, 0.717) is 13.2 Å². The normalized spacial score (nSPS) is 12.5. The van der Waals surface area contributed by atoms with Crippen molar-refractivity contribution in [1.82, 2.24) is 5.43 Å². The Kier molecular flexibility index (Phi) is 5.10. The van der Waals surface area contributed by atoms with Gasteiger partial charge in [0.05, 0.1) is 19.8 Å². The van der Waals surface area contributed by atoms with Crippen molar-refractivity contribution in [3.63, 3.8) is 0 Å². The molecule has 0 spiro atoms. The van der Waals surface area contributed by atoms with Crippen LogP contribution in [-0.2, 0) is 4.74 Å². The van der Waals surface area contributed by atoms with E-state index in [2.05, 4.69) is 5.43 Å². The molecule has 0 heterocycles. The fraction of sp³-hybridized carbons (Fsp3) is 0.455. The van der Waals surface area contributed by atoms with Gasteiger partial charge < -0.3 is 9.47 Å². The molecule has 0 radical (unpaired) electrons. The van der Waals surface area contributed by atoms with Crippen LogP contribution in [0.5, 0.6) is 5.75 Å². The van der Waals surface area contributed by atoms with E-state index in [0.717, 1.165) is 11.3 Å². The number of benzene rings is 1. The summed E-state index contributed by atoms with van der Waals surface area (Å²) in [5.41, 5.74) is 3.81. The number of hydrogen-bond donors (Lipinski definition) is 2. The fourth-order valence-electron chi connectivity index (χ4n) is 1.31. The van der Waals surface area contributed by atoms with Gasteiger partial charge in [0.15, 0.2) is 0 Å². The van der Waals surface area contributed by atoms with Crippen LogP contribution in [0.3, 0.4) is 0 Å². The number of nitrogens with one attached hydrogen (secondary N) is 1. The third-order valence-corrected chi connectivity index (χ3v) is 2.21. The van der Waals surface area contributed by atoms with Crippen LogP contribution in [0.4, 0.5) is 0 Å². The van der Waals surface area contributed by atoms with Crippen molar-refractivity contribution in [3.8, 4) is 5.75 Å². The van der Waals surface area contributed by atoms with Gasteiger partial charge in [-0.15, -0.1) is 0 Å². The molecule has 1 aromatic rings. The number of hydrogen-bond acceptors (Lipinski definition) is 4. The maximum atomic E-state index is 5.45. The van der Waals surface area contributed by atoms with E-state index in [1.165, 1.54) is 0 Å². The van der Waals surface area contributed by atoms with Crippen LogP contribution in [0.2, 0.25) is 0 Å². The Bertz CT molecular complexity index is 274. The molecular formula is C11H18N2O2. The van der Waals surface area contributed by atoms with E-state index < -0.39 is 0 Å². The molecule has 0 aliphatic heterocycles. The van der Waals surface area contributed by atoms with Gasteiger partial charge in [-0.3, -0.25) is 11.3 Å². The van der Waals surface area contributed by atoms with E-state index in [-0.39, 0.29) is 6.04 Å². The Hall–Kier alpha value is -1.10. The molecule has 1 aromatic carbocycles. The second-order valence-corrected chi connectivity index (χ2v) is 3.15. The molecule has 0 aliphatic rings. The van der Waals surface area contributed by atoms with Crippen molar-refractivity contribution in [2.75, 3.05) is 20.3 Å². The summed E-state index contributed by atoms with van der Waals surface area (Å²) in [5.74, 6) is 6.29. The lowest BCUT2D eigenvalue weighted by atomic mass is 10.1. The first-order valence-electron chi connectivity index (χ1n) is 4.99. The minimum absolute atomic E-state index is 0.0239. The Morgan fingerprint density at radius 2 is 2.00 bits per heavy atom. The smallest absolute Gasteiger partial charge is 0.118 e. The summed E-state index contributed by atoms with van der Waals surface area (Å²) in [6.45, 7) is 3.22. The highest BCUT2D eigenvalue weighted by molar-refractivity contribution is 5.29. The molecule has 0 fully saturated rings. The molecule has 0 amide bonds. The number of ether oxygens (including phenoxy) is 2. The quantitative estimate of drug-likeness (QED) is 0.548. The third-order valence-electron chi connectivity index (χ3n) is 2.21. The van der Waals surface area contributed by atoms with Crippen LogP contribution >= 0.6 is 0 Å². The van der Waals surface area contributed by atoms with Crippen LogP contribution in [0, 0.1) is 0 Å². The van der Waals surface area contributed by atoms with Crippen molar-refractivity contribution in [1.29, 1.82) is 0 Å². The van der Waals surface area contributed by atoms with Crippen molar-refractivity contribution < 1.29 is 9.47 Å². The molecule has 0 saturated heterocycles. The highest BCUT2D eigenvalue weighted by Crippen LogP contribution is 2.17. The second-order valence-electron chi connectivity index (χ2n) is 3.15. The zero-order chi connectivity index (χ0) is 11.1.